The molecular formula is C17H24N4. The van der Waals surface area contributed by atoms with E-state index in [9.17, 15) is 0 Å². The molecule has 1 heterocycles. The Morgan fingerprint density at radius 2 is 2.24 bits per heavy atom. The first-order chi connectivity index (χ1) is 10.2. The molecule has 0 aliphatic heterocycles. The number of likely N-dealkylation sites (N-methyl/N-ethyl adjacent to an activating group) is 1. The van der Waals surface area contributed by atoms with Gasteiger partial charge in [-0.05, 0) is 44.4 Å². The van der Waals surface area contributed by atoms with Gasteiger partial charge in [0.05, 0.1) is 24.3 Å². The Labute approximate surface area is 126 Å². The minimum Gasteiger partial charge on any atom is -0.362 e. The van der Waals surface area contributed by atoms with E-state index in [0.717, 1.165) is 6.54 Å². The molecule has 3 rings (SSSR count). The van der Waals surface area contributed by atoms with Gasteiger partial charge in [0.2, 0.25) is 0 Å². The Bertz CT molecular complexity index is 600. The zero-order chi connectivity index (χ0) is 14.8. The number of benzene rings is 1. The molecule has 0 spiro atoms. The van der Waals surface area contributed by atoms with Crippen molar-refractivity contribution in [2.24, 2.45) is 5.73 Å². The van der Waals surface area contributed by atoms with Gasteiger partial charge >= 0.3 is 0 Å². The molecule has 1 atom stereocenters. The summed E-state index contributed by atoms with van der Waals surface area (Å²) < 4.78 is 2.32. The largest absolute Gasteiger partial charge is 0.362 e. The first-order valence-corrected chi connectivity index (χ1v) is 7.79. The van der Waals surface area contributed by atoms with E-state index in [0.29, 0.717) is 12.6 Å². The molecule has 0 saturated heterocycles. The second kappa shape index (κ2) is 5.90. The first kappa shape index (κ1) is 14.1. The second-order valence-corrected chi connectivity index (χ2v) is 5.83. The maximum Gasteiger partial charge on any atom is 0.0951 e. The fourth-order valence-corrected chi connectivity index (χ4v) is 3.03. The molecule has 1 unspecified atom stereocenters. The Morgan fingerprint density at radius 1 is 1.43 bits per heavy atom. The molecular weight excluding hydrogens is 260 g/mol. The number of hydrogen-bond acceptors (Lipinski definition) is 3. The van der Waals surface area contributed by atoms with Crippen molar-refractivity contribution < 1.29 is 0 Å². The molecule has 0 radical (unpaired) electrons. The fourth-order valence-electron chi connectivity index (χ4n) is 3.03. The molecule has 1 fully saturated rings. The van der Waals surface area contributed by atoms with Gasteiger partial charge in [0, 0.05) is 24.8 Å². The lowest BCUT2D eigenvalue weighted by Crippen LogP contribution is -2.35. The summed E-state index contributed by atoms with van der Waals surface area (Å²) in [6, 6.07) is 9.44. The van der Waals surface area contributed by atoms with Gasteiger partial charge in [-0.15, -0.1) is 0 Å². The van der Waals surface area contributed by atoms with Crippen LogP contribution in [-0.2, 0) is 0 Å². The highest BCUT2D eigenvalue weighted by Crippen LogP contribution is 2.38. The van der Waals surface area contributed by atoms with Crippen LogP contribution in [-0.4, -0.2) is 22.6 Å². The van der Waals surface area contributed by atoms with Gasteiger partial charge in [-0.25, -0.2) is 4.98 Å². The second-order valence-electron chi connectivity index (χ2n) is 5.83. The van der Waals surface area contributed by atoms with E-state index in [-0.39, 0.29) is 6.04 Å². The van der Waals surface area contributed by atoms with Crippen LogP contribution in [0.25, 0.3) is 0 Å². The van der Waals surface area contributed by atoms with Crippen LogP contribution in [0, 0.1) is 6.92 Å². The summed E-state index contributed by atoms with van der Waals surface area (Å²) in [6.45, 7) is 5.84. The van der Waals surface area contributed by atoms with Crippen LogP contribution in [0.3, 0.4) is 0 Å². The standard InChI is InChI=1S/C17H24N4/c1-3-20(15-6-4-5-13(2)9-15)16(10-18)17-11-19-12-21(17)14-7-8-14/h4-6,9,11-12,14,16H,3,7-8,10,18H2,1-2H3. The molecule has 0 bridgehead atoms. The Kier molecular flexibility index (Phi) is 3.97. The van der Waals surface area contributed by atoms with Crippen LogP contribution in [0.5, 0.6) is 0 Å². The minimum absolute atomic E-state index is 0.180. The maximum atomic E-state index is 6.12. The molecule has 0 amide bonds. The third-order valence-electron chi connectivity index (χ3n) is 4.25. The SMILES string of the molecule is CCN(c1cccc(C)c1)C(CN)c1cncn1C1CC1. The average molecular weight is 284 g/mol. The molecule has 112 valence electrons. The van der Waals surface area contributed by atoms with Crippen molar-refractivity contribution in [2.75, 3.05) is 18.0 Å². The summed E-state index contributed by atoms with van der Waals surface area (Å²) in [5.74, 6) is 0. The Balaban J connectivity index is 1.94. The molecule has 1 aliphatic rings. The topological polar surface area (TPSA) is 47.1 Å². The molecule has 1 aliphatic carbocycles. The van der Waals surface area contributed by atoms with Crippen molar-refractivity contribution in [2.45, 2.75) is 38.8 Å². The molecule has 1 aromatic carbocycles. The van der Waals surface area contributed by atoms with Gasteiger partial charge in [0.15, 0.2) is 0 Å². The number of hydrogen-bond donors (Lipinski definition) is 1. The van der Waals surface area contributed by atoms with E-state index in [1.54, 1.807) is 0 Å². The highest BCUT2D eigenvalue weighted by atomic mass is 15.2. The predicted octanol–water partition coefficient (Wildman–Crippen LogP) is 3.05. The lowest BCUT2D eigenvalue weighted by Gasteiger charge is -2.32. The zero-order valence-corrected chi connectivity index (χ0v) is 12.9. The Hall–Kier alpha value is -1.81. The first-order valence-electron chi connectivity index (χ1n) is 7.79. The van der Waals surface area contributed by atoms with Crippen LogP contribution in [0.4, 0.5) is 5.69 Å². The smallest absolute Gasteiger partial charge is 0.0951 e. The van der Waals surface area contributed by atoms with Crippen LogP contribution < -0.4 is 10.6 Å². The van der Waals surface area contributed by atoms with Gasteiger partial charge in [0.1, 0.15) is 0 Å². The summed E-state index contributed by atoms with van der Waals surface area (Å²) in [5.41, 5.74) is 9.87. The maximum absolute atomic E-state index is 6.12. The van der Waals surface area contributed by atoms with Gasteiger partial charge in [0.25, 0.3) is 0 Å². The lowest BCUT2D eigenvalue weighted by atomic mass is 10.1. The van der Waals surface area contributed by atoms with Crippen molar-refractivity contribution in [3.63, 3.8) is 0 Å². The molecule has 1 aromatic heterocycles. The van der Waals surface area contributed by atoms with Crippen molar-refractivity contribution in [3.8, 4) is 0 Å². The third-order valence-corrected chi connectivity index (χ3v) is 4.25. The van der Waals surface area contributed by atoms with Crippen LogP contribution >= 0.6 is 0 Å². The zero-order valence-electron chi connectivity index (χ0n) is 12.9. The predicted molar refractivity (Wildman–Crippen MR) is 86.5 cm³/mol. The number of imidazole rings is 1. The number of anilines is 1. The molecule has 2 aromatic rings. The molecule has 2 N–H and O–H groups in total. The number of nitrogens with zero attached hydrogens (tertiary/aromatic N) is 3. The van der Waals surface area contributed by atoms with E-state index >= 15 is 0 Å². The quantitative estimate of drug-likeness (QED) is 0.887. The van der Waals surface area contributed by atoms with E-state index < -0.39 is 0 Å². The van der Waals surface area contributed by atoms with E-state index in [1.165, 1.54) is 29.8 Å². The Morgan fingerprint density at radius 3 is 2.86 bits per heavy atom. The number of aryl methyl sites for hydroxylation is 1. The van der Waals surface area contributed by atoms with Crippen LogP contribution in [0.1, 0.15) is 43.1 Å². The summed E-state index contributed by atoms with van der Waals surface area (Å²) in [6.07, 6.45) is 6.46. The van der Waals surface area contributed by atoms with Crippen molar-refractivity contribution in [1.29, 1.82) is 0 Å². The van der Waals surface area contributed by atoms with Gasteiger partial charge < -0.3 is 15.2 Å². The monoisotopic (exact) mass is 284 g/mol. The van der Waals surface area contributed by atoms with E-state index in [1.807, 2.05) is 12.5 Å². The molecule has 4 heteroatoms. The van der Waals surface area contributed by atoms with Crippen molar-refractivity contribution >= 4 is 5.69 Å². The highest BCUT2D eigenvalue weighted by molar-refractivity contribution is 5.50. The van der Waals surface area contributed by atoms with Gasteiger partial charge in [-0.1, -0.05) is 12.1 Å². The van der Waals surface area contributed by atoms with E-state index in [4.69, 9.17) is 5.73 Å². The normalized spacial score (nSPS) is 16.0. The molecule has 1 saturated carbocycles. The fraction of sp³-hybridized carbons (Fsp3) is 0.471. The summed E-state index contributed by atoms with van der Waals surface area (Å²) >= 11 is 0. The molecule has 4 nitrogen and oxygen atoms in total. The third kappa shape index (κ3) is 2.81. The number of aromatic nitrogens is 2. The highest BCUT2D eigenvalue weighted by Gasteiger charge is 2.29. The number of rotatable bonds is 6. The van der Waals surface area contributed by atoms with Crippen LogP contribution in [0.15, 0.2) is 36.8 Å². The number of nitrogens with two attached hydrogens (primary N) is 1. The van der Waals surface area contributed by atoms with Crippen molar-refractivity contribution in [3.05, 3.63) is 48.0 Å². The summed E-state index contributed by atoms with van der Waals surface area (Å²) in [4.78, 5) is 6.74. The van der Waals surface area contributed by atoms with Gasteiger partial charge in [-0.3, -0.25) is 0 Å². The average Bonchev–Trinajstić information content (AvgIpc) is 3.22. The van der Waals surface area contributed by atoms with Crippen molar-refractivity contribution in [1.82, 2.24) is 9.55 Å². The summed E-state index contributed by atoms with van der Waals surface area (Å²) in [7, 11) is 0. The molecule has 21 heavy (non-hydrogen) atoms. The van der Waals surface area contributed by atoms with Crippen LogP contribution in [0.2, 0.25) is 0 Å². The van der Waals surface area contributed by atoms with E-state index in [2.05, 4.69) is 52.6 Å². The van der Waals surface area contributed by atoms with Gasteiger partial charge in [-0.2, -0.15) is 0 Å². The lowest BCUT2D eigenvalue weighted by molar-refractivity contribution is 0.575. The summed E-state index contributed by atoms with van der Waals surface area (Å²) in [5, 5.41) is 0. The minimum atomic E-state index is 0.180.